The van der Waals surface area contributed by atoms with Crippen LogP contribution in [-0.4, -0.2) is 35.1 Å². The fourth-order valence-electron chi connectivity index (χ4n) is 1.45. The highest BCUT2D eigenvalue weighted by Gasteiger charge is 2.17. The van der Waals surface area contributed by atoms with Crippen molar-refractivity contribution in [3.63, 3.8) is 0 Å². The molecule has 1 rings (SSSR count). The van der Waals surface area contributed by atoms with Gasteiger partial charge < -0.3 is 10.1 Å². The molecule has 0 fully saturated rings. The van der Waals surface area contributed by atoms with Gasteiger partial charge in [-0.2, -0.15) is 0 Å². The van der Waals surface area contributed by atoms with Crippen molar-refractivity contribution in [2.24, 2.45) is 0 Å². The molecule has 0 aliphatic carbocycles. The monoisotopic (exact) mass is 285 g/mol. The van der Waals surface area contributed by atoms with Crippen molar-refractivity contribution in [3.8, 4) is 0 Å². The number of rotatable bonds is 6. The van der Waals surface area contributed by atoms with Crippen LogP contribution >= 0.6 is 11.6 Å². The Hall–Kier alpha value is -1.20. The van der Waals surface area contributed by atoms with Crippen molar-refractivity contribution in [2.45, 2.75) is 39.7 Å². The standard InChI is InChI=1S/C13H20ClN3O2/c1-5-19-7-9(4)16-13(18)11-10(14)6-15-12(17-11)8(2)3/h6,8-9H,5,7H2,1-4H3,(H,16,18). The van der Waals surface area contributed by atoms with E-state index in [1.807, 2.05) is 27.7 Å². The Morgan fingerprint density at radius 3 is 2.74 bits per heavy atom. The SMILES string of the molecule is CCOCC(C)NC(=O)c1nc(C(C)C)ncc1Cl. The second-order valence-corrected chi connectivity index (χ2v) is 5.02. The molecule has 0 radical (unpaired) electrons. The summed E-state index contributed by atoms with van der Waals surface area (Å²) in [5.74, 6) is 0.443. The van der Waals surface area contributed by atoms with Crippen molar-refractivity contribution in [2.75, 3.05) is 13.2 Å². The van der Waals surface area contributed by atoms with Crippen molar-refractivity contribution < 1.29 is 9.53 Å². The van der Waals surface area contributed by atoms with E-state index in [0.29, 0.717) is 19.0 Å². The van der Waals surface area contributed by atoms with Crippen LogP contribution in [0.5, 0.6) is 0 Å². The Balaban J connectivity index is 2.78. The molecule has 1 N–H and O–H groups in total. The molecule has 1 aromatic heterocycles. The highest BCUT2D eigenvalue weighted by molar-refractivity contribution is 6.33. The Labute approximate surface area is 118 Å². The second-order valence-electron chi connectivity index (χ2n) is 4.61. The van der Waals surface area contributed by atoms with Crippen LogP contribution in [0.2, 0.25) is 5.02 Å². The number of halogens is 1. The zero-order valence-electron chi connectivity index (χ0n) is 11.7. The summed E-state index contributed by atoms with van der Waals surface area (Å²) in [4.78, 5) is 20.4. The summed E-state index contributed by atoms with van der Waals surface area (Å²) in [6.45, 7) is 8.77. The van der Waals surface area contributed by atoms with E-state index < -0.39 is 0 Å². The lowest BCUT2D eigenvalue weighted by Gasteiger charge is -2.14. The predicted molar refractivity (Wildman–Crippen MR) is 74.6 cm³/mol. The van der Waals surface area contributed by atoms with Gasteiger partial charge in [0.25, 0.3) is 5.91 Å². The molecule has 0 aliphatic rings. The number of aromatic nitrogens is 2. The molecule has 1 atom stereocenters. The Bertz CT molecular complexity index is 438. The van der Waals surface area contributed by atoms with Gasteiger partial charge in [0, 0.05) is 18.6 Å². The van der Waals surface area contributed by atoms with Crippen molar-refractivity contribution in [3.05, 3.63) is 22.7 Å². The minimum absolute atomic E-state index is 0.0963. The van der Waals surface area contributed by atoms with E-state index in [9.17, 15) is 4.79 Å². The molecule has 0 saturated carbocycles. The topological polar surface area (TPSA) is 64.1 Å². The van der Waals surface area contributed by atoms with Gasteiger partial charge in [0.2, 0.25) is 0 Å². The normalized spacial score (nSPS) is 12.5. The van der Waals surface area contributed by atoms with Gasteiger partial charge in [-0.25, -0.2) is 9.97 Å². The molecular weight excluding hydrogens is 266 g/mol. The van der Waals surface area contributed by atoms with E-state index in [2.05, 4.69) is 15.3 Å². The summed E-state index contributed by atoms with van der Waals surface area (Å²) in [5, 5.41) is 3.05. The van der Waals surface area contributed by atoms with Gasteiger partial charge in [0.15, 0.2) is 0 Å². The molecule has 0 bridgehead atoms. The second kappa shape index (κ2) is 7.40. The molecule has 5 nitrogen and oxygen atoms in total. The third-order valence-corrected chi connectivity index (χ3v) is 2.72. The van der Waals surface area contributed by atoms with E-state index in [1.54, 1.807) is 0 Å². The molecule has 1 heterocycles. The Morgan fingerprint density at radius 2 is 2.16 bits per heavy atom. The number of ether oxygens (including phenoxy) is 1. The van der Waals surface area contributed by atoms with Crippen molar-refractivity contribution >= 4 is 17.5 Å². The predicted octanol–water partition coefficient (Wildman–Crippen LogP) is 2.41. The molecule has 1 aromatic rings. The lowest BCUT2D eigenvalue weighted by atomic mass is 10.2. The number of amides is 1. The number of hydrogen-bond acceptors (Lipinski definition) is 4. The summed E-state index contributed by atoms with van der Waals surface area (Å²) in [5.41, 5.74) is 0.212. The van der Waals surface area contributed by atoms with Crippen LogP contribution in [0.1, 0.15) is 49.9 Å². The van der Waals surface area contributed by atoms with Crippen LogP contribution in [0, 0.1) is 0 Å². The van der Waals surface area contributed by atoms with Crippen molar-refractivity contribution in [1.82, 2.24) is 15.3 Å². The quantitative estimate of drug-likeness (QED) is 0.872. The first-order chi connectivity index (χ1) is 8.95. The van der Waals surface area contributed by atoms with Crippen LogP contribution in [0.4, 0.5) is 0 Å². The molecule has 0 aromatic carbocycles. The summed E-state index contributed by atoms with van der Waals surface area (Å²) in [6, 6.07) is -0.0963. The molecule has 1 amide bonds. The van der Waals surface area contributed by atoms with E-state index >= 15 is 0 Å². The molecule has 0 spiro atoms. The first-order valence-electron chi connectivity index (χ1n) is 6.36. The third kappa shape index (κ3) is 4.76. The van der Waals surface area contributed by atoms with Gasteiger partial charge in [-0.15, -0.1) is 0 Å². The van der Waals surface area contributed by atoms with Crippen LogP contribution in [0.15, 0.2) is 6.20 Å². The van der Waals surface area contributed by atoms with Gasteiger partial charge in [0.05, 0.1) is 17.8 Å². The maximum Gasteiger partial charge on any atom is 0.271 e. The lowest BCUT2D eigenvalue weighted by molar-refractivity contribution is 0.0867. The largest absolute Gasteiger partial charge is 0.380 e. The number of carbonyl (C=O) groups is 1. The fraction of sp³-hybridized carbons (Fsp3) is 0.615. The van der Waals surface area contributed by atoms with Gasteiger partial charge in [-0.05, 0) is 13.8 Å². The van der Waals surface area contributed by atoms with E-state index in [4.69, 9.17) is 16.3 Å². The molecule has 1 unspecified atom stereocenters. The lowest BCUT2D eigenvalue weighted by Crippen LogP contribution is -2.36. The minimum Gasteiger partial charge on any atom is -0.380 e. The van der Waals surface area contributed by atoms with E-state index in [-0.39, 0.29) is 28.6 Å². The maximum absolute atomic E-state index is 12.1. The summed E-state index contributed by atoms with van der Waals surface area (Å²) in [6.07, 6.45) is 1.46. The van der Waals surface area contributed by atoms with E-state index in [1.165, 1.54) is 6.20 Å². The smallest absolute Gasteiger partial charge is 0.271 e. The highest BCUT2D eigenvalue weighted by atomic mass is 35.5. The molecular formula is C13H20ClN3O2. The molecule has 6 heteroatoms. The maximum atomic E-state index is 12.1. The van der Waals surface area contributed by atoms with Crippen LogP contribution < -0.4 is 5.32 Å². The van der Waals surface area contributed by atoms with E-state index in [0.717, 1.165) is 0 Å². The van der Waals surface area contributed by atoms with Gasteiger partial charge in [-0.1, -0.05) is 25.4 Å². The molecule has 106 valence electrons. The Morgan fingerprint density at radius 1 is 1.47 bits per heavy atom. The summed E-state index contributed by atoms with van der Waals surface area (Å²) < 4.78 is 5.24. The fourth-order valence-corrected chi connectivity index (χ4v) is 1.62. The zero-order valence-corrected chi connectivity index (χ0v) is 12.5. The third-order valence-electron chi connectivity index (χ3n) is 2.44. The minimum atomic E-state index is -0.304. The Kier molecular flexibility index (Phi) is 6.18. The van der Waals surface area contributed by atoms with Gasteiger partial charge >= 0.3 is 0 Å². The first kappa shape index (κ1) is 15.9. The number of carbonyl (C=O) groups excluding carboxylic acids is 1. The van der Waals surface area contributed by atoms with Crippen LogP contribution in [-0.2, 0) is 4.74 Å². The van der Waals surface area contributed by atoms with Crippen LogP contribution in [0.3, 0.4) is 0 Å². The number of nitrogens with one attached hydrogen (secondary N) is 1. The average molecular weight is 286 g/mol. The molecule has 19 heavy (non-hydrogen) atoms. The summed E-state index contributed by atoms with van der Waals surface area (Å²) >= 11 is 5.97. The van der Waals surface area contributed by atoms with Crippen LogP contribution in [0.25, 0.3) is 0 Å². The van der Waals surface area contributed by atoms with Gasteiger partial charge in [0.1, 0.15) is 11.5 Å². The number of nitrogens with zero attached hydrogens (tertiary/aromatic N) is 2. The van der Waals surface area contributed by atoms with Crippen molar-refractivity contribution in [1.29, 1.82) is 0 Å². The summed E-state index contributed by atoms with van der Waals surface area (Å²) in [7, 11) is 0. The molecule has 0 saturated heterocycles. The first-order valence-corrected chi connectivity index (χ1v) is 6.74. The zero-order chi connectivity index (χ0) is 14.4. The molecule has 0 aliphatic heterocycles. The van der Waals surface area contributed by atoms with Gasteiger partial charge in [-0.3, -0.25) is 4.79 Å². The average Bonchev–Trinajstić information content (AvgIpc) is 2.36. The highest BCUT2D eigenvalue weighted by Crippen LogP contribution is 2.16. The number of hydrogen-bond donors (Lipinski definition) is 1.